The summed E-state index contributed by atoms with van der Waals surface area (Å²) in [7, 11) is 1.78. The fourth-order valence-electron chi connectivity index (χ4n) is 2.01. The Morgan fingerprint density at radius 2 is 1.95 bits per heavy atom. The van der Waals surface area contributed by atoms with E-state index in [1.54, 1.807) is 36.2 Å². The van der Waals surface area contributed by atoms with E-state index >= 15 is 0 Å². The van der Waals surface area contributed by atoms with Crippen LogP contribution in [0.25, 0.3) is 11.3 Å². The van der Waals surface area contributed by atoms with E-state index in [2.05, 4.69) is 12.1 Å². The molecule has 1 aromatic carbocycles. The molecule has 2 rings (SSSR count). The molecule has 22 heavy (non-hydrogen) atoms. The first kappa shape index (κ1) is 15.8. The number of carboxylic acid groups (broad SMARTS) is 1. The fourth-order valence-corrected chi connectivity index (χ4v) is 2.01. The predicted molar refractivity (Wildman–Crippen MR) is 80.8 cm³/mol. The fraction of sp³-hybridized carbons (Fsp3) is 0.312. The summed E-state index contributed by atoms with van der Waals surface area (Å²) in [6.45, 7) is 2.80. The molecule has 116 valence electrons. The average Bonchev–Trinajstić information content (AvgIpc) is 3.02. The van der Waals surface area contributed by atoms with E-state index in [0.717, 1.165) is 19.4 Å². The van der Waals surface area contributed by atoms with Crippen molar-refractivity contribution in [3.05, 3.63) is 41.6 Å². The molecule has 0 bridgehead atoms. The molecule has 0 spiro atoms. The minimum absolute atomic E-state index is 0.0382. The Balaban J connectivity index is 2.12. The third kappa shape index (κ3) is 3.52. The molecule has 0 unspecified atom stereocenters. The number of aromatic carboxylic acids is 1. The lowest BCUT2D eigenvalue weighted by Gasteiger charge is -2.16. The van der Waals surface area contributed by atoms with Crippen molar-refractivity contribution in [2.75, 3.05) is 13.6 Å². The number of rotatable bonds is 6. The maximum absolute atomic E-state index is 12.2. The summed E-state index contributed by atoms with van der Waals surface area (Å²) in [6.07, 6.45) is 2.00. The number of carbonyl (C=O) groups is 2. The molecular weight excluding hydrogens is 284 g/mol. The van der Waals surface area contributed by atoms with E-state index in [0.29, 0.717) is 16.9 Å². The zero-order valence-electron chi connectivity index (χ0n) is 12.6. The van der Waals surface area contributed by atoms with E-state index in [1.807, 2.05) is 0 Å². The average molecular weight is 302 g/mol. The van der Waals surface area contributed by atoms with Gasteiger partial charge in [0.1, 0.15) is 0 Å². The Kier molecular flexibility index (Phi) is 4.93. The maximum atomic E-state index is 12.2. The Labute approximate surface area is 128 Å². The van der Waals surface area contributed by atoms with Crippen molar-refractivity contribution in [3.63, 3.8) is 0 Å². The third-order valence-electron chi connectivity index (χ3n) is 3.34. The summed E-state index contributed by atoms with van der Waals surface area (Å²) in [5, 5.41) is 12.3. The summed E-state index contributed by atoms with van der Waals surface area (Å²) < 4.78 is 4.99. The van der Waals surface area contributed by atoms with Crippen LogP contribution in [0.1, 0.15) is 40.6 Å². The highest BCUT2D eigenvalue weighted by Crippen LogP contribution is 2.21. The number of carboxylic acids is 1. The SMILES string of the molecule is CCCCN(C)C(=O)c1ccc(-c2cc(C(=O)O)no2)cc1. The number of unbranched alkanes of at least 4 members (excludes halogenated alkanes) is 1. The van der Waals surface area contributed by atoms with Crippen LogP contribution in [-0.2, 0) is 0 Å². The van der Waals surface area contributed by atoms with E-state index in [9.17, 15) is 9.59 Å². The first-order chi connectivity index (χ1) is 10.5. The van der Waals surface area contributed by atoms with Crippen molar-refractivity contribution >= 4 is 11.9 Å². The molecule has 0 radical (unpaired) electrons. The quantitative estimate of drug-likeness (QED) is 0.887. The minimum Gasteiger partial charge on any atom is -0.476 e. The van der Waals surface area contributed by atoms with Crippen molar-refractivity contribution in [2.24, 2.45) is 0 Å². The second kappa shape index (κ2) is 6.89. The highest BCUT2D eigenvalue weighted by molar-refractivity contribution is 5.94. The van der Waals surface area contributed by atoms with Gasteiger partial charge in [0.05, 0.1) is 0 Å². The van der Waals surface area contributed by atoms with E-state index in [1.165, 1.54) is 6.07 Å². The highest BCUT2D eigenvalue weighted by Gasteiger charge is 2.14. The number of hydrogen-bond acceptors (Lipinski definition) is 4. The van der Waals surface area contributed by atoms with Gasteiger partial charge in [0.15, 0.2) is 11.5 Å². The van der Waals surface area contributed by atoms with Crippen LogP contribution in [0.4, 0.5) is 0 Å². The number of carbonyl (C=O) groups excluding carboxylic acids is 1. The highest BCUT2D eigenvalue weighted by atomic mass is 16.5. The van der Waals surface area contributed by atoms with Crippen LogP contribution in [0.2, 0.25) is 0 Å². The van der Waals surface area contributed by atoms with Crippen LogP contribution >= 0.6 is 0 Å². The number of nitrogens with zero attached hydrogens (tertiary/aromatic N) is 2. The predicted octanol–water partition coefficient (Wildman–Crippen LogP) is 2.91. The normalized spacial score (nSPS) is 10.5. The van der Waals surface area contributed by atoms with Gasteiger partial charge in [-0.1, -0.05) is 30.6 Å². The van der Waals surface area contributed by atoms with Crippen LogP contribution < -0.4 is 0 Å². The molecule has 1 aromatic heterocycles. The van der Waals surface area contributed by atoms with E-state index < -0.39 is 5.97 Å². The van der Waals surface area contributed by atoms with Gasteiger partial charge in [-0.3, -0.25) is 4.79 Å². The minimum atomic E-state index is -1.14. The third-order valence-corrected chi connectivity index (χ3v) is 3.34. The van der Waals surface area contributed by atoms with Crippen LogP contribution in [0.15, 0.2) is 34.9 Å². The summed E-state index contributed by atoms with van der Waals surface area (Å²) in [4.78, 5) is 24.7. The largest absolute Gasteiger partial charge is 0.476 e. The molecule has 0 saturated carbocycles. The van der Waals surface area contributed by atoms with Gasteiger partial charge in [0.25, 0.3) is 5.91 Å². The van der Waals surface area contributed by atoms with E-state index in [-0.39, 0.29) is 11.6 Å². The Hall–Kier alpha value is -2.63. The van der Waals surface area contributed by atoms with Gasteiger partial charge in [-0.15, -0.1) is 0 Å². The summed E-state index contributed by atoms with van der Waals surface area (Å²) in [5.74, 6) is -0.820. The Morgan fingerprint density at radius 1 is 1.27 bits per heavy atom. The van der Waals surface area contributed by atoms with Crippen molar-refractivity contribution in [1.82, 2.24) is 10.1 Å². The van der Waals surface area contributed by atoms with Crippen LogP contribution in [0.5, 0.6) is 0 Å². The van der Waals surface area contributed by atoms with Gasteiger partial charge >= 0.3 is 5.97 Å². The molecule has 0 saturated heterocycles. The van der Waals surface area contributed by atoms with Crippen LogP contribution in [-0.4, -0.2) is 40.6 Å². The Bertz CT molecular complexity index is 661. The topological polar surface area (TPSA) is 83.6 Å². The van der Waals surface area contributed by atoms with Crippen LogP contribution in [0.3, 0.4) is 0 Å². The lowest BCUT2D eigenvalue weighted by atomic mass is 10.1. The van der Waals surface area contributed by atoms with Gasteiger partial charge in [0, 0.05) is 30.8 Å². The molecule has 6 nitrogen and oxygen atoms in total. The lowest BCUT2D eigenvalue weighted by molar-refractivity contribution is 0.0685. The number of aromatic nitrogens is 1. The zero-order valence-corrected chi connectivity index (χ0v) is 12.6. The van der Waals surface area contributed by atoms with Gasteiger partial charge in [-0.05, 0) is 18.6 Å². The standard InChI is InChI=1S/C16H18N2O4/c1-3-4-9-18(2)15(19)12-7-5-11(6-8-12)14-10-13(16(20)21)17-22-14/h5-8,10H,3-4,9H2,1-2H3,(H,20,21). The Morgan fingerprint density at radius 3 is 2.50 bits per heavy atom. The lowest BCUT2D eigenvalue weighted by Crippen LogP contribution is -2.27. The molecule has 0 atom stereocenters. The van der Waals surface area contributed by atoms with Crippen molar-refractivity contribution < 1.29 is 19.2 Å². The maximum Gasteiger partial charge on any atom is 0.358 e. The summed E-state index contributed by atoms with van der Waals surface area (Å²) >= 11 is 0. The molecule has 0 aliphatic rings. The first-order valence-corrected chi connectivity index (χ1v) is 7.09. The second-order valence-corrected chi connectivity index (χ2v) is 5.04. The molecule has 0 aliphatic carbocycles. The van der Waals surface area contributed by atoms with Crippen LogP contribution in [0, 0.1) is 0 Å². The van der Waals surface area contributed by atoms with E-state index in [4.69, 9.17) is 9.63 Å². The smallest absolute Gasteiger partial charge is 0.358 e. The second-order valence-electron chi connectivity index (χ2n) is 5.04. The van der Waals surface area contributed by atoms with Crippen molar-refractivity contribution in [1.29, 1.82) is 0 Å². The molecular formula is C16H18N2O4. The molecule has 1 heterocycles. The van der Waals surface area contributed by atoms with Crippen molar-refractivity contribution in [2.45, 2.75) is 19.8 Å². The van der Waals surface area contributed by atoms with Gasteiger partial charge < -0.3 is 14.5 Å². The van der Waals surface area contributed by atoms with Gasteiger partial charge in [-0.2, -0.15) is 0 Å². The zero-order chi connectivity index (χ0) is 16.1. The molecule has 6 heteroatoms. The summed E-state index contributed by atoms with van der Waals surface area (Å²) in [5.41, 5.74) is 1.11. The molecule has 1 N–H and O–H groups in total. The van der Waals surface area contributed by atoms with Gasteiger partial charge in [-0.25, -0.2) is 4.79 Å². The van der Waals surface area contributed by atoms with Crippen molar-refractivity contribution in [3.8, 4) is 11.3 Å². The molecule has 1 amide bonds. The number of amides is 1. The number of benzene rings is 1. The monoisotopic (exact) mass is 302 g/mol. The number of hydrogen-bond donors (Lipinski definition) is 1. The molecule has 0 aliphatic heterocycles. The molecule has 2 aromatic rings. The molecule has 0 fully saturated rings. The summed E-state index contributed by atoms with van der Waals surface area (Å²) in [6, 6.07) is 8.18. The van der Waals surface area contributed by atoms with Gasteiger partial charge in [0.2, 0.25) is 0 Å². The first-order valence-electron chi connectivity index (χ1n) is 7.09.